The number of rotatable bonds is 3. The van der Waals surface area contributed by atoms with Crippen molar-refractivity contribution in [1.29, 1.82) is 0 Å². The van der Waals surface area contributed by atoms with E-state index in [0.717, 1.165) is 12.1 Å². The predicted octanol–water partition coefficient (Wildman–Crippen LogP) is 0.943. The number of nitrogens with zero attached hydrogens (tertiary/aromatic N) is 1. The molecule has 2 N–H and O–H groups in total. The summed E-state index contributed by atoms with van der Waals surface area (Å²) in [6.45, 7) is 1.37. The molecule has 0 aromatic heterocycles. The largest absolute Gasteiger partial charge is 0.323 e. The van der Waals surface area contributed by atoms with Crippen molar-refractivity contribution in [3.8, 4) is 0 Å². The van der Waals surface area contributed by atoms with E-state index < -0.39 is 0 Å². The number of anilines is 1. The summed E-state index contributed by atoms with van der Waals surface area (Å²) in [6.07, 6.45) is 0.617. The Morgan fingerprint density at radius 1 is 1.48 bits per heavy atom. The molecule has 3 rings (SSSR count). The molecule has 5 nitrogen and oxygen atoms in total. The molecule has 2 aliphatic heterocycles. The van der Waals surface area contributed by atoms with Crippen LogP contribution in [0.3, 0.4) is 0 Å². The number of carbonyl (C=O) groups is 2. The maximum atomic E-state index is 14.4. The molecule has 0 unspecified atom stereocenters. The Kier molecular flexibility index (Phi) is 4.12. The monoisotopic (exact) mass is 309 g/mol. The number of amides is 2. The molecule has 1 saturated heterocycles. The fourth-order valence-electron chi connectivity index (χ4n) is 2.53. The minimum atomic E-state index is -0.362. The number of benzene rings is 1. The zero-order valence-corrected chi connectivity index (χ0v) is 12.3. The van der Waals surface area contributed by atoms with Crippen LogP contribution < -0.4 is 10.6 Å². The molecule has 0 spiro atoms. The maximum absolute atomic E-state index is 14.4. The topological polar surface area (TPSA) is 61.4 Å². The number of carbonyl (C=O) groups excluding carboxylic acids is 2. The van der Waals surface area contributed by atoms with Crippen LogP contribution in [0.4, 0.5) is 10.1 Å². The number of nitrogens with one attached hydrogen (secondary N) is 2. The van der Waals surface area contributed by atoms with Crippen LogP contribution in [0.25, 0.3) is 0 Å². The molecule has 7 heteroatoms. The van der Waals surface area contributed by atoms with Gasteiger partial charge in [0.15, 0.2) is 0 Å². The average Bonchev–Trinajstić information content (AvgIpc) is 2.87. The maximum Gasteiger partial charge on any atom is 0.244 e. The number of thioether (sulfide) groups is 1. The van der Waals surface area contributed by atoms with E-state index in [1.165, 1.54) is 16.7 Å². The Morgan fingerprint density at radius 2 is 2.33 bits per heavy atom. The average molecular weight is 309 g/mol. The number of hydrogen-bond acceptors (Lipinski definition) is 4. The lowest BCUT2D eigenvalue weighted by Crippen LogP contribution is -2.34. The van der Waals surface area contributed by atoms with Crippen LogP contribution in [-0.2, 0) is 22.6 Å². The Balaban J connectivity index is 1.70. The van der Waals surface area contributed by atoms with Crippen molar-refractivity contribution >= 4 is 29.3 Å². The molecular formula is C14H16FN3O2S. The molecule has 2 amide bonds. The number of hydrogen-bond donors (Lipinski definition) is 2. The summed E-state index contributed by atoms with van der Waals surface area (Å²) < 4.78 is 14.4. The summed E-state index contributed by atoms with van der Waals surface area (Å²) in [5.41, 5.74) is 1.79. The highest BCUT2D eigenvalue weighted by Crippen LogP contribution is 2.24. The molecule has 1 fully saturated rings. The van der Waals surface area contributed by atoms with Crippen molar-refractivity contribution in [3.05, 3.63) is 29.1 Å². The normalized spacial score (nSPS) is 17.8. The quantitative estimate of drug-likeness (QED) is 0.872. The van der Waals surface area contributed by atoms with E-state index >= 15 is 0 Å². The first-order valence-corrected chi connectivity index (χ1v) is 7.97. The molecule has 0 radical (unpaired) electrons. The lowest BCUT2D eigenvalue weighted by Gasteiger charge is -2.20. The highest BCUT2D eigenvalue weighted by Gasteiger charge is 2.24. The molecule has 112 valence electrons. The summed E-state index contributed by atoms with van der Waals surface area (Å²) in [6, 6.07) is 3.41. The van der Waals surface area contributed by atoms with Gasteiger partial charge in [0, 0.05) is 6.54 Å². The van der Waals surface area contributed by atoms with E-state index in [1.807, 2.05) is 6.07 Å². The summed E-state index contributed by atoms with van der Waals surface area (Å²) in [5.74, 6) is 0.160. The molecule has 21 heavy (non-hydrogen) atoms. The smallest absolute Gasteiger partial charge is 0.244 e. The molecule has 1 aromatic rings. The van der Waals surface area contributed by atoms with Crippen molar-refractivity contribution < 1.29 is 14.0 Å². The van der Waals surface area contributed by atoms with Crippen LogP contribution in [0.5, 0.6) is 0 Å². The van der Waals surface area contributed by atoms with Crippen LogP contribution in [-0.4, -0.2) is 41.4 Å². The standard InChI is InChI=1S/C14H16FN3O2S/c15-14-10-3-4-16-5-9(10)1-2-11(14)17-12(19)6-18-8-21-7-13(18)20/h1-2,16H,3-8H2,(H,17,19). The van der Waals surface area contributed by atoms with Crippen LogP contribution >= 0.6 is 11.8 Å². The van der Waals surface area contributed by atoms with E-state index in [0.29, 0.717) is 30.2 Å². The molecule has 0 aliphatic carbocycles. The van der Waals surface area contributed by atoms with Crippen molar-refractivity contribution in [2.45, 2.75) is 13.0 Å². The Labute approximate surface area is 126 Å². The first-order chi connectivity index (χ1) is 10.1. The van der Waals surface area contributed by atoms with E-state index in [9.17, 15) is 14.0 Å². The van der Waals surface area contributed by atoms with Gasteiger partial charge in [-0.25, -0.2) is 4.39 Å². The minimum Gasteiger partial charge on any atom is -0.323 e. The van der Waals surface area contributed by atoms with Gasteiger partial charge < -0.3 is 15.5 Å². The van der Waals surface area contributed by atoms with E-state index in [1.54, 1.807) is 6.07 Å². The van der Waals surface area contributed by atoms with Crippen molar-refractivity contribution in [2.24, 2.45) is 0 Å². The van der Waals surface area contributed by atoms with E-state index in [2.05, 4.69) is 10.6 Å². The predicted molar refractivity (Wildman–Crippen MR) is 79.5 cm³/mol. The molecule has 1 aromatic carbocycles. The molecule has 0 bridgehead atoms. The van der Waals surface area contributed by atoms with Gasteiger partial charge in [-0.05, 0) is 30.2 Å². The second kappa shape index (κ2) is 6.03. The summed E-state index contributed by atoms with van der Waals surface area (Å²) >= 11 is 1.48. The Morgan fingerprint density at radius 3 is 3.10 bits per heavy atom. The zero-order chi connectivity index (χ0) is 14.8. The number of fused-ring (bicyclic) bond motifs is 1. The molecular weight excluding hydrogens is 293 g/mol. The summed E-state index contributed by atoms with van der Waals surface area (Å²) in [4.78, 5) is 24.9. The van der Waals surface area contributed by atoms with Crippen molar-refractivity contribution in [3.63, 3.8) is 0 Å². The molecule has 0 atom stereocenters. The number of halogens is 1. The molecule has 2 heterocycles. The van der Waals surface area contributed by atoms with Gasteiger partial charge in [-0.2, -0.15) is 0 Å². The zero-order valence-electron chi connectivity index (χ0n) is 11.4. The van der Waals surface area contributed by atoms with Crippen LogP contribution in [0.15, 0.2) is 12.1 Å². The van der Waals surface area contributed by atoms with Crippen molar-refractivity contribution in [1.82, 2.24) is 10.2 Å². The second-order valence-corrected chi connectivity index (χ2v) is 6.06. The van der Waals surface area contributed by atoms with Gasteiger partial charge in [0.1, 0.15) is 12.4 Å². The van der Waals surface area contributed by atoms with E-state index in [-0.39, 0.29) is 29.9 Å². The van der Waals surface area contributed by atoms with E-state index in [4.69, 9.17) is 0 Å². The lowest BCUT2D eigenvalue weighted by molar-refractivity contribution is -0.130. The third-order valence-corrected chi connectivity index (χ3v) is 4.59. The highest BCUT2D eigenvalue weighted by atomic mass is 32.2. The van der Waals surface area contributed by atoms with Crippen LogP contribution in [0.2, 0.25) is 0 Å². The van der Waals surface area contributed by atoms with Gasteiger partial charge in [0.25, 0.3) is 0 Å². The molecule has 0 saturated carbocycles. The summed E-state index contributed by atoms with van der Waals surface area (Å²) in [5, 5.41) is 5.75. The van der Waals surface area contributed by atoms with Gasteiger partial charge in [0.05, 0.1) is 17.3 Å². The van der Waals surface area contributed by atoms with Crippen LogP contribution in [0.1, 0.15) is 11.1 Å². The third kappa shape index (κ3) is 3.03. The van der Waals surface area contributed by atoms with Crippen LogP contribution in [0, 0.1) is 5.82 Å². The van der Waals surface area contributed by atoms with Gasteiger partial charge >= 0.3 is 0 Å². The minimum absolute atomic E-state index is 0.0239. The van der Waals surface area contributed by atoms with Gasteiger partial charge in [0.2, 0.25) is 11.8 Å². The fraction of sp³-hybridized carbons (Fsp3) is 0.429. The molecule has 2 aliphatic rings. The third-order valence-electron chi connectivity index (χ3n) is 3.64. The SMILES string of the molecule is O=C(CN1CSCC1=O)Nc1ccc2c(c1F)CCNC2. The van der Waals surface area contributed by atoms with Gasteiger partial charge in [-0.3, -0.25) is 9.59 Å². The second-order valence-electron chi connectivity index (χ2n) is 5.11. The first-order valence-electron chi connectivity index (χ1n) is 6.81. The highest BCUT2D eigenvalue weighted by molar-refractivity contribution is 8.00. The van der Waals surface area contributed by atoms with Crippen molar-refractivity contribution in [2.75, 3.05) is 30.0 Å². The lowest BCUT2D eigenvalue weighted by atomic mass is 9.99. The van der Waals surface area contributed by atoms with Gasteiger partial charge in [-0.15, -0.1) is 11.8 Å². The Bertz CT molecular complexity index is 594. The van der Waals surface area contributed by atoms with Gasteiger partial charge in [-0.1, -0.05) is 6.07 Å². The summed E-state index contributed by atoms with van der Waals surface area (Å²) in [7, 11) is 0. The Hall–Kier alpha value is -1.60. The fourth-order valence-corrected chi connectivity index (χ4v) is 3.44. The first kappa shape index (κ1) is 14.3.